The zero-order valence-electron chi connectivity index (χ0n) is 11.1. The van der Waals surface area contributed by atoms with Crippen LogP contribution < -0.4 is 0 Å². The first-order valence-corrected chi connectivity index (χ1v) is 6.29. The van der Waals surface area contributed by atoms with Gasteiger partial charge in [-0.05, 0) is 33.6 Å². The number of imide groups is 1. The van der Waals surface area contributed by atoms with Crippen LogP contribution in [0.2, 0.25) is 0 Å². The van der Waals surface area contributed by atoms with E-state index >= 15 is 0 Å². The van der Waals surface area contributed by atoms with Crippen molar-refractivity contribution in [3.63, 3.8) is 0 Å². The lowest BCUT2D eigenvalue weighted by atomic mass is 9.99. The zero-order chi connectivity index (χ0) is 13.3. The van der Waals surface area contributed by atoms with E-state index in [1.807, 2.05) is 0 Å². The quantitative estimate of drug-likeness (QED) is 0.671. The lowest BCUT2D eigenvalue weighted by Gasteiger charge is -2.29. The molecule has 0 saturated heterocycles. The molecule has 2 amide bonds. The van der Waals surface area contributed by atoms with E-state index in [4.69, 9.17) is 4.74 Å². The molecule has 18 heavy (non-hydrogen) atoms. The smallest absolute Gasteiger partial charge is 0.417 e. The Balaban J connectivity index is 2.11. The Morgan fingerprint density at radius 2 is 2.11 bits per heavy atom. The van der Waals surface area contributed by atoms with Gasteiger partial charge < -0.3 is 4.74 Å². The minimum absolute atomic E-state index is 0.189. The average molecular weight is 249 g/mol. The summed E-state index contributed by atoms with van der Waals surface area (Å²) in [6.07, 6.45) is 8.85. The van der Waals surface area contributed by atoms with E-state index in [2.05, 4.69) is 12.2 Å². The molecule has 0 fully saturated rings. The molecule has 0 unspecified atom stereocenters. The van der Waals surface area contributed by atoms with E-state index in [1.54, 1.807) is 26.8 Å². The van der Waals surface area contributed by atoms with E-state index in [1.165, 1.54) is 11.0 Å². The molecular weight excluding hydrogens is 230 g/mol. The fraction of sp³-hybridized carbons (Fsp3) is 0.571. The number of carbonyl (C=O) groups excluding carboxylic acids is 2. The standard InChI is InChI=1S/C14H19NO3/c1-14(2,3)18-13(17)15-11(8-9-12(15)16)10-6-4-5-7-10/h4,6,8-11H,5,7H2,1-3H3/t10-,11-/m1/s1. The largest absolute Gasteiger partial charge is 0.443 e. The molecule has 0 N–H and O–H groups in total. The maximum atomic E-state index is 12.1. The number of amides is 2. The Labute approximate surface area is 107 Å². The van der Waals surface area contributed by atoms with Crippen LogP contribution in [0.4, 0.5) is 4.79 Å². The van der Waals surface area contributed by atoms with E-state index in [-0.39, 0.29) is 17.9 Å². The van der Waals surface area contributed by atoms with Gasteiger partial charge in [0, 0.05) is 12.0 Å². The van der Waals surface area contributed by atoms with Crippen LogP contribution in [0, 0.1) is 5.92 Å². The van der Waals surface area contributed by atoms with Gasteiger partial charge in [-0.2, -0.15) is 0 Å². The first-order valence-electron chi connectivity index (χ1n) is 6.29. The van der Waals surface area contributed by atoms with E-state index in [0.29, 0.717) is 0 Å². The van der Waals surface area contributed by atoms with Gasteiger partial charge in [0.05, 0.1) is 6.04 Å². The lowest BCUT2D eigenvalue weighted by Crippen LogP contribution is -2.45. The SMILES string of the molecule is CC(C)(C)OC(=O)N1C(=O)C=C[C@@H]1[C@@H]1C=CCC1. The Morgan fingerprint density at radius 1 is 1.39 bits per heavy atom. The summed E-state index contributed by atoms with van der Waals surface area (Å²) in [5, 5.41) is 0. The van der Waals surface area contributed by atoms with Crippen molar-refractivity contribution in [2.24, 2.45) is 5.92 Å². The van der Waals surface area contributed by atoms with Gasteiger partial charge in [0.1, 0.15) is 5.60 Å². The number of allylic oxidation sites excluding steroid dienone is 1. The third kappa shape index (κ3) is 2.63. The lowest BCUT2D eigenvalue weighted by molar-refractivity contribution is -0.125. The number of hydrogen-bond acceptors (Lipinski definition) is 3. The topological polar surface area (TPSA) is 46.6 Å². The monoisotopic (exact) mass is 249 g/mol. The van der Waals surface area contributed by atoms with Crippen LogP contribution >= 0.6 is 0 Å². The van der Waals surface area contributed by atoms with Crippen LogP contribution in [0.3, 0.4) is 0 Å². The summed E-state index contributed by atoms with van der Waals surface area (Å²) in [5.74, 6) is -0.0604. The van der Waals surface area contributed by atoms with Gasteiger partial charge in [-0.15, -0.1) is 0 Å². The second kappa shape index (κ2) is 4.59. The molecule has 4 nitrogen and oxygen atoms in total. The third-order valence-corrected chi connectivity index (χ3v) is 3.05. The summed E-state index contributed by atoms with van der Waals surface area (Å²) in [7, 11) is 0. The van der Waals surface area contributed by atoms with Crippen LogP contribution in [-0.4, -0.2) is 28.5 Å². The molecule has 0 spiro atoms. The second-order valence-corrected chi connectivity index (χ2v) is 5.71. The van der Waals surface area contributed by atoms with E-state index < -0.39 is 11.7 Å². The van der Waals surface area contributed by atoms with Crippen molar-refractivity contribution in [2.45, 2.75) is 45.3 Å². The molecule has 1 aliphatic heterocycles. The Hall–Kier alpha value is -1.58. The van der Waals surface area contributed by atoms with Crippen LogP contribution in [0.25, 0.3) is 0 Å². The zero-order valence-corrected chi connectivity index (χ0v) is 11.1. The Morgan fingerprint density at radius 3 is 2.67 bits per heavy atom. The molecule has 2 rings (SSSR count). The molecule has 0 bridgehead atoms. The molecule has 0 aromatic heterocycles. The van der Waals surface area contributed by atoms with Crippen molar-refractivity contribution in [3.05, 3.63) is 24.3 Å². The molecule has 1 heterocycles. The van der Waals surface area contributed by atoms with Crippen molar-refractivity contribution in [1.82, 2.24) is 4.90 Å². The Bertz CT molecular complexity index is 417. The maximum absolute atomic E-state index is 12.1. The van der Waals surface area contributed by atoms with Crippen LogP contribution in [0.1, 0.15) is 33.6 Å². The molecule has 0 radical (unpaired) electrons. The highest BCUT2D eigenvalue weighted by Crippen LogP contribution is 2.29. The number of hydrogen-bond donors (Lipinski definition) is 0. The second-order valence-electron chi connectivity index (χ2n) is 5.71. The van der Waals surface area contributed by atoms with Crippen molar-refractivity contribution in [1.29, 1.82) is 0 Å². The Kier molecular flexibility index (Phi) is 3.28. The fourth-order valence-electron chi connectivity index (χ4n) is 2.29. The average Bonchev–Trinajstić information content (AvgIpc) is 2.82. The highest BCUT2D eigenvalue weighted by atomic mass is 16.6. The van der Waals surface area contributed by atoms with Crippen LogP contribution in [0.15, 0.2) is 24.3 Å². The van der Waals surface area contributed by atoms with Crippen molar-refractivity contribution in [3.8, 4) is 0 Å². The summed E-state index contributed by atoms with van der Waals surface area (Å²) >= 11 is 0. The number of rotatable bonds is 1. The van der Waals surface area contributed by atoms with E-state index in [9.17, 15) is 9.59 Å². The van der Waals surface area contributed by atoms with Gasteiger partial charge in [-0.25, -0.2) is 9.69 Å². The summed E-state index contributed by atoms with van der Waals surface area (Å²) < 4.78 is 5.28. The van der Waals surface area contributed by atoms with Gasteiger partial charge in [0.2, 0.25) is 0 Å². The van der Waals surface area contributed by atoms with Gasteiger partial charge in [0.25, 0.3) is 5.91 Å². The number of nitrogens with zero attached hydrogens (tertiary/aromatic N) is 1. The molecule has 0 saturated carbocycles. The molecule has 0 aromatic carbocycles. The van der Waals surface area contributed by atoms with Crippen LogP contribution in [-0.2, 0) is 9.53 Å². The molecule has 98 valence electrons. The summed E-state index contributed by atoms with van der Waals surface area (Å²) in [6.45, 7) is 5.38. The van der Waals surface area contributed by atoms with Gasteiger partial charge in [-0.3, -0.25) is 4.79 Å². The fourth-order valence-corrected chi connectivity index (χ4v) is 2.29. The molecule has 2 atom stereocenters. The predicted molar refractivity (Wildman–Crippen MR) is 67.9 cm³/mol. The van der Waals surface area contributed by atoms with Gasteiger partial charge >= 0.3 is 6.09 Å². The number of carbonyl (C=O) groups is 2. The van der Waals surface area contributed by atoms with Crippen molar-refractivity contribution < 1.29 is 14.3 Å². The minimum Gasteiger partial charge on any atom is -0.443 e. The predicted octanol–water partition coefficient (Wildman–Crippen LogP) is 2.65. The van der Waals surface area contributed by atoms with Crippen LogP contribution in [0.5, 0.6) is 0 Å². The number of ether oxygens (including phenoxy) is 1. The molecule has 1 aliphatic carbocycles. The first-order chi connectivity index (χ1) is 8.38. The maximum Gasteiger partial charge on any atom is 0.417 e. The van der Waals surface area contributed by atoms with Gasteiger partial charge in [-0.1, -0.05) is 18.2 Å². The summed E-state index contributed by atoms with van der Waals surface area (Å²) in [4.78, 5) is 25.1. The normalized spacial score (nSPS) is 27.1. The molecular formula is C14H19NO3. The first kappa shape index (κ1) is 12.9. The molecule has 2 aliphatic rings. The summed E-state index contributed by atoms with van der Waals surface area (Å²) in [5.41, 5.74) is -0.587. The van der Waals surface area contributed by atoms with Gasteiger partial charge in [0.15, 0.2) is 0 Å². The third-order valence-electron chi connectivity index (χ3n) is 3.05. The van der Waals surface area contributed by atoms with Crippen molar-refractivity contribution >= 4 is 12.0 Å². The highest BCUT2D eigenvalue weighted by Gasteiger charge is 2.38. The van der Waals surface area contributed by atoms with E-state index in [0.717, 1.165) is 12.8 Å². The highest BCUT2D eigenvalue weighted by molar-refractivity contribution is 6.01. The molecule has 0 aromatic rings. The summed E-state index contributed by atoms with van der Waals surface area (Å²) in [6, 6.07) is -0.189. The minimum atomic E-state index is -0.587. The van der Waals surface area contributed by atoms with Crippen molar-refractivity contribution in [2.75, 3.05) is 0 Å². The molecule has 4 heteroatoms.